The minimum Gasteiger partial charge on any atom is -0.469 e. The highest BCUT2D eigenvalue weighted by Crippen LogP contribution is 2.45. The number of methoxy groups -OCH3 is 1. The summed E-state index contributed by atoms with van der Waals surface area (Å²) < 4.78 is 75.2. The highest BCUT2D eigenvalue weighted by atomic mass is 32.2. The standard InChI is InChI=1S/C23H31F3N2O5S/c1-32-21(29)8-2-7-20-19-6-4-14-27-13-3-5-16(22(19)27)15-28(20)34(30,31)18-11-9-17(10-12-18)33-23(24,25)26/h9-12,16,19-20,22H,2-8,13-15H2,1H3/t16-,19+,20+,22-/m0/s1. The lowest BCUT2D eigenvalue weighted by atomic mass is 9.70. The van der Waals surface area contributed by atoms with Crippen molar-refractivity contribution in [3.8, 4) is 5.75 Å². The number of carbonyl (C=O) groups is 1. The maximum Gasteiger partial charge on any atom is 0.573 e. The molecule has 0 bridgehead atoms. The van der Waals surface area contributed by atoms with Gasteiger partial charge in [0.2, 0.25) is 10.0 Å². The number of ether oxygens (including phenoxy) is 2. The fourth-order valence-electron chi connectivity index (χ4n) is 6.10. The molecule has 190 valence electrons. The van der Waals surface area contributed by atoms with Crippen LogP contribution in [0, 0.1) is 11.8 Å². The smallest absolute Gasteiger partial charge is 0.469 e. The zero-order valence-electron chi connectivity index (χ0n) is 19.2. The molecule has 0 aliphatic carbocycles. The number of esters is 1. The van der Waals surface area contributed by atoms with E-state index in [9.17, 15) is 26.4 Å². The highest BCUT2D eigenvalue weighted by Gasteiger charge is 2.51. The predicted octanol–water partition coefficient (Wildman–Crippen LogP) is 3.79. The number of hydrogen-bond acceptors (Lipinski definition) is 6. The van der Waals surface area contributed by atoms with Crippen LogP contribution in [0.25, 0.3) is 0 Å². The number of carbonyl (C=O) groups excluding carboxylic acids is 1. The number of rotatable bonds is 7. The van der Waals surface area contributed by atoms with Crippen molar-refractivity contribution in [3.63, 3.8) is 0 Å². The predicted molar refractivity (Wildman–Crippen MR) is 117 cm³/mol. The molecule has 0 aromatic heterocycles. The first-order chi connectivity index (χ1) is 16.1. The van der Waals surface area contributed by atoms with Gasteiger partial charge in [-0.2, -0.15) is 4.31 Å². The van der Waals surface area contributed by atoms with Crippen LogP contribution in [0.15, 0.2) is 29.2 Å². The highest BCUT2D eigenvalue weighted by molar-refractivity contribution is 7.89. The molecule has 0 radical (unpaired) electrons. The van der Waals surface area contributed by atoms with E-state index in [1.807, 2.05) is 0 Å². The normalized spacial score (nSPS) is 28.2. The van der Waals surface area contributed by atoms with Crippen molar-refractivity contribution >= 4 is 16.0 Å². The van der Waals surface area contributed by atoms with Gasteiger partial charge in [-0.15, -0.1) is 13.2 Å². The molecular formula is C23H31F3N2O5S. The Morgan fingerprint density at radius 1 is 1.12 bits per heavy atom. The summed E-state index contributed by atoms with van der Waals surface area (Å²) >= 11 is 0. The molecule has 1 aromatic carbocycles. The second-order valence-electron chi connectivity index (χ2n) is 9.36. The van der Waals surface area contributed by atoms with Crippen LogP contribution in [-0.4, -0.2) is 68.8 Å². The van der Waals surface area contributed by atoms with E-state index >= 15 is 0 Å². The molecule has 3 aliphatic heterocycles. The number of sulfonamides is 1. The topological polar surface area (TPSA) is 76.2 Å². The molecule has 4 rings (SSSR count). The third kappa shape index (κ3) is 5.36. The number of hydrogen-bond donors (Lipinski definition) is 0. The fraction of sp³-hybridized carbons (Fsp3) is 0.696. The second kappa shape index (κ2) is 10.0. The van der Waals surface area contributed by atoms with Crippen LogP contribution in [0.5, 0.6) is 5.75 Å². The minimum atomic E-state index is -4.85. The van der Waals surface area contributed by atoms with Crippen molar-refractivity contribution in [1.82, 2.24) is 9.21 Å². The van der Waals surface area contributed by atoms with Crippen molar-refractivity contribution < 1.29 is 35.9 Å². The van der Waals surface area contributed by atoms with E-state index in [4.69, 9.17) is 4.74 Å². The lowest BCUT2D eigenvalue weighted by Crippen LogP contribution is -2.65. The van der Waals surface area contributed by atoms with E-state index in [0.29, 0.717) is 25.4 Å². The van der Waals surface area contributed by atoms with E-state index in [1.54, 1.807) is 4.31 Å². The average molecular weight is 505 g/mol. The molecule has 0 amide bonds. The third-order valence-corrected chi connectivity index (χ3v) is 9.30. The third-order valence-electron chi connectivity index (χ3n) is 7.40. The van der Waals surface area contributed by atoms with Crippen LogP contribution < -0.4 is 4.74 Å². The Balaban J connectivity index is 1.61. The molecule has 3 saturated heterocycles. The summed E-state index contributed by atoms with van der Waals surface area (Å²) in [4.78, 5) is 14.1. The molecule has 3 aliphatic rings. The number of piperidine rings is 3. The van der Waals surface area contributed by atoms with Gasteiger partial charge in [0.15, 0.2) is 0 Å². The Bertz CT molecular complexity index is 968. The molecule has 0 unspecified atom stereocenters. The second-order valence-corrected chi connectivity index (χ2v) is 11.3. The molecule has 1 aromatic rings. The van der Waals surface area contributed by atoms with Gasteiger partial charge in [-0.05, 0) is 87.7 Å². The average Bonchev–Trinajstić information content (AvgIpc) is 2.79. The Kier molecular flexibility index (Phi) is 7.44. The number of alkyl halides is 3. The summed E-state index contributed by atoms with van der Waals surface area (Å²) in [6.45, 7) is 2.43. The Labute approximate surface area is 198 Å². The van der Waals surface area contributed by atoms with Gasteiger partial charge < -0.3 is 9.47 Å². The zero-order valence-corrected chi connectivity index (χ0v) is 20.0. The number of nitrogens with zero attached hydrogens (tertiary/aromatic N) is 2. The molecule has 0 spiro atoms. The van der Waals surface area contributed by atoms with Gasteiger partial charge >= 0.3 is 12.3 Å². The van der Waals surface area contributed by atoms with Crippen LogP contribution in [0.1, 0.15) is 44.9 Å². The van der Waals surface area contributed by atoms with Crippen molar-refractivity contribution in [2.24, 2.45) is 11.8 Å². The Hall–Kier alpha value is -1.85. The van der Waals surface area contributed by atoms with Crippen LogP contribution in [0.3, 0.4) is 0 Å². The van der Waals surface area contributed by atoms with Gasteiger partial charge in [-0.25, -0.2) is 8.42 Å². The van der Waals surface area contributed by atoms with E-state index in [2.05, 4.69) is 9.64 Å². The van der Waals surface area contributed by atoms with Gasteiger partial charge in [-0.3, -0.25) is 9.69 Å². The minimum absolute atomic E-state index is 0.0538. The molecular weight excluding hydrogens is 473 g/mol. The first-order valence-corrected chi connectivity index (χ1v) is 13.2. The van der Waals surface area contributed by atoms with Gasteiger partial charge in [0, 0.05) is 25.0 Å². The molecule has 7 nitrogen and oxygen atoms in total. The quantitative estimate of drug-likeness (QED) is 0.526. The van der Waals surface area contributed by atoms with Gasteiger partial charge in [0.05, 0.1) is 12.0 Å². The largest absolute Gasteiger partial charge is 0.573 e. The summed E-state index contributed by atoms with van der Waals surface area (Å²) in [5.74, 6) is -0.409. The van der Waals surface area contributed by atoms with Crippen LogP contribution >= 0.6 is 0 Å². The maximum absolute atomic E-state index is 13.7. The molecule has 4 atom stereocenters. The van der Waals surface area contributed by atoms with E-state index in [1.165, 1.54) is 19.2 Å². The lowest BCUT2D eigenvalue weighted by molar-refractivity contribution is -0.274. The van der Waals surface area contributed by atoms with Crippen molar-refractivity contribution in [2.45, 2.75) is 68.3 Å². The SMILES string of the molecule is COC(=O)CCC[C@@H]1[C@H]2CCCN3CCC[C@@H](CN1S(=O)(=O)c1ccc(OC(F)(F)F)cc1)[C@@H]23. The zero-order chi connectivity index (χ0) is 24.5. The summed E-state index contributed by atoms with van der Waals surface area (Å²) in [5, 5.41) is 0. The maximum atomic E-state index is 13.7. The molecule has 34 heavy (non-hydrogen) atoms. The van der Waals surface area contributed by atoms with Crippen molar-refractivity contribution in [2.75, 3.05) is 26.7 Å². The summed E-state index contributed by atoms with van der Waals surface area (Å²) in [5.41, 5.74) is 0. The van der Waals surface area contributed by atoms with Gasteiger partial charge in [-0.1, -0.05) is 0 Å². The number of halogens is 3. The molecule has 3 fully saturated rings. The first-order valence-electron chi connectivity index (χ1n) is 11.8. The molecule has 3 heterocycles. The summed E-state index contributed by atoms with van der Waals surface area (Å²) in [7, 11) is -2.62. The van der Waals surface area contributed by atoms with E-state index in [0.717, 1.165) is 50.9 Å². The van der Waals surface area contributed by atoms with E-state index < -0.39 is 22.1 Å². The Morgan fingerprint density at radius 2 is 1.79 bits per heavy atom. The van der Waals surface area contributed by atoms with E-state index in [-0.39, 0.29) is 35.2 Å². The van der Waals surface area contributed by atoms with Gasteiger partial charge in [0.1, 0.15) is 5.75 Å². The van der Waals surface area contributed by atoms with Crippen LogP contribution in [0.2, 0.25) is 0 Å². The summed E-state index contributed by atoms with van der Waals surface area (Å²) in [6.07, 6.45) is 0.315. The molecule has 0 saturated carbocycles. The molecule has 0 N–H and O–H groups in total. The Morgan fingerprint density at radius 3 is 2.44 bits per heavy atom. The monoisotopic (exact) mass is 504 g/mol. The fourth-order valence-corrected chi connectivity index (χ4v) is 7.85. The number of benzene rings is 1. The van der Waals surface area contributed by atoms with Gasteiger partial charge in [0.25, 0.3) is 0 Å². The molecule has 11 heteroatoms. The lowest BCUT2D eigenvalue weighted by Gasteiger charge is -2.57. The van der Waals surface area contributed by atoms with Crippen LogP contribution in [-0.2, 0) is 19.6 Å². The first kappa shape index (κ1) is 25.2. The van der Waals surface area contributed by atoms with Crippen molar-refractivity contribution in [3.05, 3.63) is 24.3 Å². The van der Waals surface area contributed by atoms with Crippen LogP contribution in [0.4, 0.5) is 13.2 Å². The summed E-state index contributed by atoms with van der Waals surface area (Å²) in [6, 6.07) is 4.46. The van der Waals surface area contributed by atoms with Crippen molar-refractivity contribution in [1.29, 1.82) is 0 Å².